The van der Waals surface area contributed by atoms with Crippen molar-refractivity contribution in [3.63, 3.8) is 0 Å². The Morgan fingerprint density at radius 3 is 1.41 bits per heavy atom. The smallest absolute Gasteiger partial charge is 0.0746 e. The van der Waals surface area contributed by atoms with Crippen LogP contribution in [0.15, 0.2) is 249 Å². The summed E-state index contributed by atoms with van der Waals surface area (Å²) in [6.45, 7) is 0. The van der Waals surface area contributed by atoms with Crippen LogP contribution in [-0.4, -0.2) is 0 Å². The lowest BCUT2D eigenvalue weighted by molar-refractivity contribution is 0.768. The van der Waals surface area contributed by atoms with E-state index < -0.39 is 10.8 Å². The van der Waals surface area contributed by atoms with E-state index in [-0.39, 0.29) is 0 Å². The van der Waals surface area contributed by atoms with Crippen LogP contribution in [-0.2, 0) is 10.8 Å². The van der Waals surface area contributed by atoms with Gasteiger partial charge in [0, 0.05) is 26.6 Å². The number of hydrogen-bond acceptors (Lipinski definition) is 2. The molecule has 2 heteroatoms. The van der Waals surface area contributed by atoms with Crippen molar-refractivity contribution in [3.8, 4) is 43.8 Å². The first-order valence-corrected chi connectivity index (χ1v) is 23.7. The normalized spacial score (nSPS) is 14.0. The number of fused-ring (bicyclic) bond motifs is 15. The van der Waals surface area contributed by atoms with Gasteiger partial charge in [0.15, 0.2) is 0 Å². The summed E-state index contributed by atoms with van der Waals surface area (Å²) in [5.41, 5.74) is 22.1. The third kappa shape index (κ3) is 4.94. The molecule has 11 aromatic rings. The molecule has 308 valence electrons. The van der Waals surface area contributed by atoms with Crippen LogP contribution in [0.4, 0.5) is 17.1 Å². The van der Waals surface area contributed by atoms with Crippen molar-refractivity contribution in [3.05, 3.63) is 293 Å². The first kappa shape index (κ1) is 37.3. The highest BCUT2D eigenvalue weighted by atomic mass is 32.1. The summed E-state index contributed by atoms with van der Waals surface area (Å²) in [5, 5.41) is 1.35. The molecule has 1 spiro atoms. The second-order valence-electron chi connectivity index (χ2n) is 17.8. The van der Waals surface area contributed by atoms with Crippen molar-refractivity contribution in [2.24, 2.45) is 0 Å². The third-order valence-electron chi connectivity index (χ3n) is 14.8. The average molecular weight is 856 g/mol. The lowest BCUT2D eigenvalue weighted by Crippen LogP contribution is -2.28. The SMILES string of the molecule is c1ccc(N(c2ccc(-c3cccc4c3C3(c5ccccc5-c5ccccc53)c3c-4sc4ccccc34)cc2)c2ccc3c(c2)C(c2ccccc2)(c2ccccc2)c2ccccc2-3)cc1. The maximum atomic E-state index is 2.46. The maximum absolute atomic E-state index is 2.46. The van der Waals surface area contributed by atoms with Gasteiger partial charge in [0.25, 0.3) is 0 Å². The minimum atomic E-state index is -0.495. The van der Waals surface area contributed by atoms with Crippen molar-refractivity contribution in [2.45, 2.75) is 10.8 Å². The van der Waals surface area contributed by atoms with Gasteiger partial charge < -0.3 is 4.90 Å². The van der Waals surface area contributed by atoms with Gasteiger partial charge >= 0.3 is 0 Å². The van der Waals surface area contributed by atoms with Crippen molar-refractivity contribution < 1.29 is 0 Å². The molecule has 14 rings (SSSR count). The van der Waals surface area contributed by atoms with E-state index in [2.05, 4.69) is 254 Å². The molecule has 0 saturated heterocycles. The molecule has 0 N–H and O–H groups in total. The average Bonchev–Trinajstić information content (AvgIpc) is 4.10. The quantitative estimate of drug-likeness (QED) is 0.161. The third-order valence-corrected chi connectivity index (χ3v) is 16.0. The summed E-state index contributed by atoms with van der Waals surface area (Å²) in [5.74, 6) is 0. The molecular weight excluding hydrogens is 815 g/mol. The monoisotopic (exact) mass is 855 g/mol. The van der Waals surface area contributed by atoms with Gasteiger partial charge in [-0.15, -0.1) is 11.3 Å². The molecule has 0 aliphatic heterocycles. The van der Waals surface area contributed by atoms with Crippen LogP contribution in [0.5, 0.6) is 0 Å². The molecule has 0 atom stereocenters. The molecule has 0 amide bonds. The first-order chi connectivity index (χ1) is 32.8. The van der Waals surface area contributed by atoms with Crippen molar-refractivity contribution in [2.75, 3.05) is 4.90 Å². The summed E-state index contributed by atoms with van der Waals surface area (Å²) < 4.78 is 1.34. The topological polar surface area (TPSA) is 3.24 Å². The van der Waals surface area contributed by atoms with E-state index in [4.69, 9.17) is 0 Å². The van der Waals surface area contributed by atoms with Crippen LogP contribution in [0, 0.1) is 0 Å². The van der Waals surface area contributed by atoms with Crippen molar-refractivity contribution in [1.29, 1.82) is 0 Å². The molecule has 10 aromatic carbocycles. The van der Waals surface area contributed by atoms with Gasteiger partial charge in [-0.05, 0) is 131 Å². The fraction of sp³-hybridized carbons (Fsp3) is 0.0312. The highest BCUT2D eigenvalue weighted by Gasteiger charge is 2.54. The molecule has 1 aromatic heterocycles. The van der Waals surface area contributed by atoms with Gasteiger partial charge in [-0.25, -0.2) is 0 Å². The van der Waals surface area contributed by atoms with E-state index in [1.807, 2.05) is 11.3 Å². The van der Waals surface area contributed by atoms with Gasteiger partial charge in [0.1, 0.15) is 0 Å². The number of para-hydroxylation sites is 1. The van der Waals surface area contributed by atoms with Gasteiger partial charge in [-0.2, -0.15) is 0 Å². The number of thiophene rings is 1. The molecule has 1 heterocycles. The Kier molecular flexibility index (Phi) is 8.05. The molecule has 3 aliphatic rings. The fourth-order valence-corrected chi connectivity index (χ4v) is 13.6. The Hall–Kier alpha value is -8.04. The fourth-order valence-electron chi connectivity index (χ4n) is 12.3. The number of nitrogens with zero attached hydrogens (tertiary/aromatic N) is 1. The Labute approximate surface area is 389 Å². The van der Waals surface area contributed by atoms with Crippen LogP contribution in [0.2, 0.25) is 0 Å². The number of benzene rings is 10. The predicted molar refractivity (Wildman–Crippen MR) is 276 cm³/mol. The molecular formula is C64H41NS. The molecule has 0 saturated carbocycles. The van der Waals surface area contributed by atoms with E-state index in [0.29, 0.717) is 0 Å². The Morgan fingerprint density at radius 1 is 0.303 bits per heavy atom. The molecule has 3 aliphatic carbocycles. The van der Waals surface area contributed by atoms with Crippen molar-refractivity contribution >= 4 is 38.5 Å². The zero-order chi connectivity index (χ0) is 43.4. The Morgan fingerprint density at radius 2 is 0.773 bits per heavy atom. The number of hydrogen-bond donors (Lipinski definition) is 0. The largest absolute Gasteiger partial charge is 0.310 e. The lowest BCUT2D eigenvalue weighted by Gasteiger charge is -2.35. The summed E-state index contributed by atoms with van der Waals surface area (Å²) >= 11 is 1.94. The van der Waals surface area contributed by atoms with E-state index in [1.165, 1.54) is 98.4 Å². The zero-order valence-electron chi connectivity index (χ0n) is 36.0. The van der Waals surface area contributed by atoms with Gasteiger partial charge in [0.2, 0.25) is 0 Å². The lowest BCUT2D eigenvalue weighted by atomic mass is 9.67. The van der Waals surface area contributed by atoms with E-state index >= 15 is 0 Å². The summed E-state index contributed by atoms with van der Waals surface area (Å²) in [6.07, 6.45) is 0. The Bertz CT molecular complexity index is 3610. The van der Waals surface area contributed by atoms with Crippen LogP contribution < -0.4 is 4.90 Å². The number of rotatable bonds is 6. The van der Waals surface area contributed by atoms with Gasteiger partial charge in [-0.1, -0.05) is 206 Å². The van der Waals surface area contributed by atoms with E-state index in [1.54, 1.807) is 0 Å². The summed E-state index contributed by atoms with van der Waals surface area (Å²) in [4.78, 5) is 3.81. The molecule has 0 bridgehead atoms. The van der Waals surface area contributed by atoms with Crippen molar-refractivity contribution in [1.82, 2.24) is 0 Å². The second kappa shape index (κ2) is 14.2. The molecule has 0 fully saturated rings. The predicted octanol–water partition coefficient (Wildman–Crippen LogP) is 16.7. The van der Waals surface area contributed by atoms with E-state index in [9.17, 15) is 0 Å². The number of anilines is 3. The zero-order valence-corrected chi connectivity index (χ0v) is 36.8. The maximum Gasteiger partial charge on any atom is 0.0746 e. The minimum absolute atomic E-state index is 0.450. The van der Waals surface area contributed by atoms with Crippen LogP contribution in [0.25, 0.3) is 53.9 Å². The first-order valence-electron chi connectivity index (χ1n) is 22.9. The molecule has 0 radical (unpaired) electrons. The Balaban J connectivity index is 0.963. The highest BCUT2D eigenvalue weighted by molar-refractivity contribution is 7.22. The highest BCUT2D eigenvalue weighted by Crippen LogP contribution is 2.67. The van der Waals surface area contributed by atoms with Crippen LogP contribution >= 0.6 is 11.3 Å². The van der Waals surface area contributed by atoms with Crippen LogP contribution in [0.3, 0.4) is 0 Å². The standard InChI is InChI=1S/C64H41NS/c1-4-19-43(20-5-1)63(44-21-6-2-7-22-44)55-31-14-10-27-51(55)52-40-39-47(41-58(52)63)65(45-23-8-3-9-24-45)46-37-35-42(36-38-46)48-29-18-30-54-60(48)64(61-53-28-13-17-34-59(53)66-62(54)61)56-32-15-11-25-49(56)50-26-12-16-33-57(50)64/h1-41H. The van der Waals surface area contributed by atoms with E-state index in [0.717, 1.165) is 17.1 Å². The summed E-state index contributed by atoms with van der Waals surface area (Å²) in [7, 11) is 0. The molecule has 1 nitrogen and oxygen atoms in total. The molecule has 0 unspecified atom stereocenters. The molecule has 66 heavy (non-hydrogen) atoms. The second-order valence-corrected chi connectivity index (χ2v) is 18.9. The van der Waals surface area contributed by atoms with Gasteiger partial charge in [0.05, 0.1) is 10.8 Å². The summed E-state index contributed by atoms with van der Waals surface area (Å²) in [6, 6.07) is 92.8. The van der Waals surface area contributed by atoms with Gasteiger partial charge in [-0.3, -0.25) is 0 Å². The van der Waals surface area contributed by atoms with Crippen LogP contribution in [0.1, 0.15) is 44.5 Å². The minimum Gasteiger partial charge on any atom is -0.310 e.